The number of nitrogens with one attached hydrogen (secondary N) is 1. The van der Waals surface area contributed by atoms with Crippen LogP contribution in [0.25, 0.3) is 0 Å². The Morgan fingerprint density at radius 1 is 1.26 bits per heavy atom. The summed E-state index contributed by atoms with van der Waals surface area (Å²) in [5, 5.41) is 3.33. The van der Waals surface area contributed by atoms with E-state index in [0.717, 1.165) is 31.6 Å². The predicted octanol–water partition coefficient (Wildman–Crippen LogP) is 2.00. The van der Waals surface area contributed by atoms with Crippen molar-refractivity contribution in [1.82, 2.24) is 10.2 Å². The molecular formula is C16H22N2O. The predicted molar refractivity (Wildman–Crippen MR) is 76.5 cm³/mol. The number of carbonyl (C=O) groups is 1. The van der Waals surface area contributed by atoms with Crippen LogP contribution in [-0.2, 0) is 12.8 Å². The maximum Gasteiger partial charge on any atom is 0.254 e. The molecule has 19 heavy (non-hydrogen) atoms. The fourth-order valence-electron chi connectivity index (χ4n) is 3.18. The van der Waals surface area contributed by atoms with Crippen LogP contribution in [0.4, 0.5) is 0 Å². The van der Waals surface area contributed by atoms with Crippen LogP contribution in [0.5, 0.6) is 0 Å². The number of aryl methyl sites for hydroxylation is 2. The highest BCUT2D eigenvalue weighted by atomic mass is 16.2. The van der Waals surface area contributed by atoms with E-state index in [9.17, 15) is 4.79 Å². The van der Waals surface area contributed by atoms with Crippen LogP contribution in [-0.4, -0.2) is 36.5 Å². The molecule has 102 valence electrons. The molecule has 1 saturated heterocycles. The summed E-state index contributed by atoms with van der Waals surface area (Å²) in [7, 11) is 0. The summed E-state index contributed by atoms with van der Waals surface area (Å²) in [5.41, 5.74) is 3.70. The number of rotatable bonds is 1. The summed E-state index contributed by atoms with van der Waals surface area (Å²) in [6.07, 6.45) is 4.85. The molecule has 1 aromatic rings. The number of fused-ring (bicyclic) bond motifs is 1. The van der Waals surface area contributed by atoms with Gasteiger partial charge in [0.1, 0.15) is 0 Å². The topological polar surface area (TPSA) is 32.3 Å². The highest BCUT2D eigenvalue weighted by molar-refractivity contribution is 5.94. The Balaban J connectivity index is 1.83. The maximum absolute atomic E-state index is 12.6. The summed E-state index contributed by atoms with van der Waals surface area (Å²) in [6, 6.07) is 6.60. The number of hydrogen-bond acceptors (Lipinski definition) is 2. The molecule has 1 aliphatic carbocycles. The molecule has 1 atom stereocenters. The first-order valence-electron chi connectivity index (χ1n) is 7.39. The minimum Gasteiger partial charge on any atom is -0.333 e. The van der Waals surface area contributed by atoms with E-state index in [4.69, 9.17) is 0 Å². The Morgan fingerprint density at radius 3 is 2.84 bits per heavy atom. The molecule has 0 radical (unpaired) electrons. The van der Waals surface area contributed by atoms with Crippen molar-refractivity contribution in [3.8, 4) is 0 Å². The molecule has 0 unspecified atom stereocenters. The molecule has 0 saturated carbocycles. The Labute approximate surface area is 115 Å². The van der Waals surface area contributed by atoms with E-state index < -0.39 is 0 Å². The van der Waals surface area contributed by atoms with Gasteiger partial charge in [-0.2, -0.15) is 0 Å². The second-order valence-electron chi connectivity index (χ2n) is 5.74. The largest absolute Gasteiger partial charge is 0.333 e. The number of nitrogens with zero attached hydrogens (tertiary/aromatic N) is 1. The molecule has 3 heteroatoms. The lowest BCUT2D eigenvalue weighted by molar-refractivity contribution is 0.0655. The van der Waals surface area contributed by atoms with Gasteiger partial charge in [-0.15, -0.1) is 0 Å². The molecule has 2 aliphatic rings. The average Bonchev–Trinajstić information content (AvgIpc) is 2.46. The standard InChI is InChI=1S/C16H22N2O/c1-12-11-17-8-9-18(12)16(19)15-7-6-13-4-2-3-5-14(13)10-15/h6-7,10,12,17H,2-5,8-9,11H2,1H3/t12-/m0/s1. The SMILES string of the molecule is C[C@H]1CNCCN1C(=O)c1ccc2c(c1)CCCC2. The first-order valence-corrected chi connectivity index (χ1v) is 7.39. The molecule has 1 amide bonds. The molecule has 0 bridgehead atoms. The first-order chi connectivity index (χ1) is 9.25. The van der Waals surface area contributed by atoms with E-state index in [-0.39, 0.29) is 11.9 Å². The van der Waals surface area contributed by atoms with Crippen molar-refractivity contribution in [3.05, 3.63) is 34.9 Å². The number of amides is 1. The van der Waals surface area contributed by atoms with Crippen LogP contribution in [0.15, 0.2) is 18.2 Å². The van der Waals surface area contributed by atoms with Gasteiger partial charge in [0, 0.05) is 31.2 Å². The van der Waals surface area contributed by atoms with Gasteiger partial charge in [0.15, 0.2) is 0 Å². The van der Waals surface area contributed by atoms with Gasteiger partial charge in [-0.3, -0.25) is 4.79 Å². The Hall–Kier alpha value is -1.35. The number of piperazine rings is 1. The second-order valence-corrected chi connectivity index (χ2v) is 5.74. The second kappa shape index (κ2) is 5.33. The van der Waals surface area contributed by atoms with Crippen LogP contribution in [0.1, 0.15) is 41.3 Å². The average molecular weight is 258 g/mol. The Morgan fingerprint density at radius 2 is 2.05 bits per heavy atom. The molecule has 0 aromatic heterocycles. The molecule has 0 spiro atoms. The van der Waals surface area contributed by atoms with Gasteiger partial charge in [-0.25, -0.2) is 0 Å². The quantitative estimate of drug-likeness (QED) is 0.835. The summed E-state index contributed by atoms with van der Waals surface area (Å²) >= 11 is 0. The zero-order chi connectivity index (χ0) is 13.2. The fourth-order valence-corrected chi connectivity index (χ4v) is 3.18. The minimum atomic E-state index is 0.197. The lowest BCUT2D eigenvalue weighted by Crippen LogP contribution is -2.52. The molecule has 1 N–H and O–H groups in total. The minimum absolute atomic E-state index is 0.197. The van der Waals surface area contributed by atoms with Crippen molar-refractivity contribution in [1.29, 1.82) is 0 Å². The third-order valence-electron chi connectivity index (χ3n) is 4.36. The van der Waals surface area contributed by atoms with Crippen LogP contribution in [0.3, 0.4) is 0 Å². The van der Waals surface area contributed by atoms with Gasteiger partial charge >= 0.3 is 0 Å². The lowest BCUT2D eigenvalue weighted by atomic mass is 9.90. The van der Waals surface area contributed by atoms with Gasteiger partial charge < -0.3 is 10.2 Å². The van der Waals surface area contributed by atoms with Crippen molar-refractivity contribution in [2.24, 2.45) is 0 Å². The monoisotopic (exact) mass is 258 g/mol. The molecule has 3 nitrogen and oxygen atoms in total. The van der Waals surface area contributed by atoms with Gasteiger partial charge in [-0.1, -0.05) is 6.07 Å². The molecule has 1 heterocycles. The van der Waals surface area contributed by atoms with E-state index in [1.54, 1.807) is 0 Å². The van der Waals surface area contributed by atoms with E-state index in [2.05, 4.69) is 24.4 Å². The lowest BCUT2D eigenvalue weighted by Gasteiger charge is -2.34. The molecule has 1 aliphatic heterocycles. The van der Waals surface area contributed by atoms with Gasteiger partial charge in [0.2, 0.25) is 0 Å². The molecular weight excluding hydrogens is 236 g/mol. The third kappa shape index (κ3) is 2.52. The number of benzene rings is 1. The van der Waals surface area contributed by atoms with E-state index in [1.807, 2.05) is 11.0 Å². The number of carbonyl (C=O) groups excluding carboxylic acids is 1. The molecule has 1 aromatic carbocycles. The van der Waals surface area contributed by atoms with E-state index in [0.29, 0.717) is 0 Å². The summed E-state index contributed by atoms with van der Waals surface area (Å²) in [4.78, 5) is 14.6. The molecule has 3 rings (SSSR count). The van der Waals surface area contributed by atoms with Crippen LogP contribution in [0, 0.1) is 0 Å². The Kier molecular flexibility index (Phi) is 3.56. The van der Waals surface area contributed by atoms with Gasteiger partial charge in [0.05, 0.1) is 0 Å². The normalized spacial score (nSPS) is 23.0. The maximum atomic E-state index is 12.6. The number of hydrogen-bond donors (Lipinski definition) is 1. The molecule has 1 fully saturated rings. The van der Waals surface area contributed by atoms with Gasteiger partial charge in [0.25, 0.3) is 5.91 Å². The van der Waals surface area contributed by atoms with Crippen molar-refractivity contribution in [2.75, 3.05) is 19.6 Å². The zero-order valence-electron chi connectivity index (χ0n) is 11.6. The first kappa shape index (κ1) is 12.7. The third-order valence-corrected chi connectivity index (χ3v) is 4.36. The smallest absolute Gasteiger partial charge is 0.254 e. The van der Waals surface area contributed by atoms with E-state index in [1.165, 1.54) is 30.4 Å². The highest BCUT2D eigenvalue weighted by Gasteiger charge is 2.24. The van der Waals surface area contributed by atoms with Crippen LogP contribution >= 0.6 is 0 Å². The summed E-state index contributed by atoms with van der Waals surface area (Å²) in [6.45, 7) is 4.73. The fraction of sp³-hybridized carbons (Fsp3) is 0.562. The zero-order valence-corrected chi connectivity index (χ0v) is 11.6. The van der Waals surface area contributed by atoms with Crippen LogP contribution < -0.4 is 5.32 Å². The van der Waals surface area contributed by atoms with Crippen molar-refractivity contribution < 1.29 is 4.79 Å². The summed E-state index contributed by atoms with van der Waals surface area (Å²) in [5.74, 6) is 0.197. The van der Waals surface area contributed by atoms with Crippen molar-refractivity contribution in [2.45, 2.75) is 38.6 Å². The van der Waals surface area contributed by atoms with Crippen molar-refractivity contribution >= 4 is 5.91 Å². The van der Waals surface area contributed by atoms with E-state index >= 15 is 0 Å². The van der Waals surface area contributed by atoms with Crippen LogP contribution in [0.2, 0.25) is 0 Å². The van der Waals surface area contributed by atoms with Gasteiger partial charge in [-0.05, 0) is 55.9 Å². The van der Waals surface area contributed by atoms with Crippen molar-refractivity contribution in [3.63, 3.8) is 0 Å². The highest BCUT2D eigenvalue weighted by Crippen LogP contribution is 2.23. The Bertz CT molecular complexity index is 484. The summed E-state index contributed by atoms with van der Waals surface area (Å²) < 4.78 is 0.